The van der Waals surface area contributed by atoms with E-state index < -0.39 is 8.07 Å². The lowest BCUT2D eigenvalue weighted by Gasteiger charge is -2.16. The van der Waals surface area contributed by atoms with Gasteiger partial charge in [0, 0.05) is 20.2 Å². The highest BCUT2D eigenvalue weighted by Gasteiger charge is 2.12. The van der Waals surface area contributed by atoms with Crippen molar-refractivity contribution in [2.45, 2.75) is 39.0 Å². The summed E-state index contributed by atoms with van der Waals surface area (Å²) in [5.41, 5.74) is 1.72. The lowest BCUT2D eigenvalue weighted by molar-refractivity contribution is 0.0215. The molecule has 0 spiro atoms. The van der Waals surface area contributed by atoms with Crippen LogP contribution in [0.1, 0.15) is 22.8 Å². The van der Waals surface area contributed by atoms with Gasteiger partial charge in [-0.25, -0.2) is 0 Å². The van der Waals surface area contributed by atoms with Crippen LogP contribution in [0.15, 0.2) is 18.2 Å². The third-order valence-electron chi connectivity index (χ3n) is 2.90. The molecule has 0 amide bonds. The Balaban J connectivity index is 2.43. The average molecular weight is 280 g/mol. The van der Waals surface area contributed by atoms with Crippen molar-refractivity contribution < 1.29 is 14.3 Å². The Kier molecular flexibility index (Phi) is 6.25. The van der Waals surface area contributed by atoms with Crippen molar-refractivity contribution in [3.05, 3.63) is 29.3 Å². The summed E-state index contributed by atoms with van der Waals surface area (Å²) >= 11 is 0. The molecule has 0 aliphatic carbocycles. The predicted molar refractivity (Wildman–Crippen MR) is 80.8 cm³/mol. The largest absolute Gasteiger partial charge is 0.467 e. The van der Waals surface area contributed by atoms with Gasteiger partial charge in [0.2, 0.25) is 0 Å². The Labute approximate surface area is 116 Å². The Morgan fingerprint density at radius 3 is 2.58 bits per heavy atom. The van der Waals surface area contributed by atoms with E-state index in [9.17, 15) is 4.79 Å². The van der Waals surface area contributed by atoms with Crippen molar-refractivity contribution in [1.82, 2.24) is 0 Å². The van der Waals surface area contributed by atoms with E-state index in [4.69, 9.17) is 9.47 Å². The van der Waals surface area contributed by atoms with E-state index in [0.29, 0.717) is 5.56 Å². The summed E-state index contributed by atoms with van der Waals surface area (Å²) in [6, 6.07) is 6.61. The molecule has 1 aromatic rings. The molecular weight excluding hydrogens is 256 g/mol. The van der Waals surface area contributed by atoms with Gasteiger partial charge in [-0.15, -0.1) is 0 Å². The standard InChI is InChI=1S/C15H24O3Si/c1-5-14-10-13(11-16)6-7-15(14)18-12-17-8-9-19(2,3)4/h6-7,10-11H,5,8-9,12H2,1-4H3. The summed E-state index contributed by atoms with van der Waals surface area (Å²) in [6.07, 6.45) is 1.69. The summed E-state index contributed by atoms with van der Waals surface area (Å²) in [4.78, 5) is 10.7. The van der Waals surface area contributed by atoms with Crippen LogP contribution >= 0.6 is 0 Å². The molecule has 19 heavy (non-hydrogen) atoms. The van der Waals surface area contributed by atoms with E-state index in [0.717, 1.165) is 36.7 Å². The molecule has 4 heteroatoms. The summed E-state index contributed by atoms with van der Waals surface area (Å²) in [5, 5.41) is 0. The van der Waals surface area contributed by atoms with E-state index in [1.165, 1.54) is 0 Å². The molecule has 0 unspecified atom stereocenters. The number of hydrogen-bond acceptors (Lipinski definition) is 3. The van der Waals surface area contributed by atoms with Gasteiger partial charge in [0.05, 0.1) is 0 Å². The van der Waals surface area contributed by atoms with Gasteiger partial charge in [0.25, 0.3) is 0 Å². The molecular formula is C15H24O3Si. The van der Waals surface area contributed by atoms with Crippen molar-refractivity contribution in [3.8, 4) is 5.75 Å². The minimum atomic E-state index is -1.04. The number of aryl methyl sites for hydroxylation is 1. The van der Waals surface area contributed by atoms with Crippen LogP contribution in [0, 0.1) is 0 Å². The first-order chi connectivity index (χ1) is 8.96. The zero-order chi connectivity index (χ0) is 14.3. The topological polar surface area (TPSA) is 35.5 Å². The molecule has 0 N–H and O–H groups in total. The number of aldehydes is 1. The fourth-order valence-electron chi connectivity index (χ4n) is 1.63. The number of ether oxygens (including phenoxy) is 2. The first-order valence-corrected chi connectivity index (χ1v) is 10.5. The van der Waals surface area contributed by atoms with Crippen LogP contribution < -0.4 is 4.74 Å². The lowest BCUT2D eigenvalue weighted by Crippen LogP contribution is -2.22. The second kappa shape index (κ2) is 7.45. The zero-order valence-electron chi connectivity index (χ0n) is 12.4. The molecule has 0 saturated carbocycles. The summed E-state index contributed by atoms with van der Waals surface area (Å²) in [6.45, 7) is 10.0. The summed E-state index contributed by atoms with van der Waals surface area (Å²) < 4.78 is 11.1. The molecule has 0 heterocycles. The van der Waals surface area contributed by atoms with Crippen molar-refractivity contribution in [3.63, 3.8) is 0 Å². The van der Waals surface area contributed by atoms with Crippen LogP contribution in [0.5, 0.6) is 5.75 Å². The van der Waals surface area contributed by atoms with E-state index >= 15 is 0 Å². The molecule has 1 aromatic carbocycles. The third kappa shape index (κ3) is 6.03. The fraction of sp³-hybridized carbons (Fsp3) is 0.533. The molecule has 3 nitrogen and oxygen atoms in total. The van der Waals surface area contributed by atoms with Crippen LogP contribution in [0.4, 0.5) is 0 Å². The Bertz CT molecular complexity index is 410. The smallest absolute Gasteiger partial charge is 0.189 e. The van der Waals surface area contributed by atoms with Crippen LogP contribution in [-0.4, -0.2) is 27.8 Å². The predicted octanol–water partition coefficient (Wildman–Crippen LogP) is 3.75. The van der Waals surface area contributed by atoms with E-state index in [1.807, 2.05) is 19.1 Å². The van der Waals surface area contributed by atoms with Gasteiger partial charge < -0.3 is 9.47 Å². The highest BCUT2D eigenvalue weighted by Crippen LogP contribution is 2.20. The normalized spacial score (nSPS) is 11.4. The fourth-order valence-corrected chi connectivity index (χ4v) is 2.39. The molecule has 0 aliphatic rings. The average Bonchev–Trinajstić information content (AvgIpc) is 2.37. The van der Waals surface area contributed by atoms with Gasteiger partial charge in [0.1, 0.15) is 12.0 Å². The summed E-state index contributed by atoms with van der Waals surface area (Å²) in [5.74, 6) is 0.807. The summed E-state index contributed by atoms with van der Waals surface area (Å²) in [7, 11) is -1.04. The van der Waals surface area contributed by atoms with Gasteiger partial charge in [-0.05, 0) is 36.2 Å². The van der Waals surface area contributed by atoms with E-state index in [1.54, 1.807) is 6.07 Å². The van der Waals surface area contributed by atoms with Crippen molar-refractivity contribution >= 4 is 14.4 Å². The molecule has 0 saturated heterocycles. The lowest BCUT2D eigenvalue weighted by atomic mass is 10.1. The second-order valence-electron chi connectivity index (χ2n) is 5.82. The van der Waals surface area contributed by atoms with Crippen LogP contribution in [0.25, 0.3) is 0 Å². The first-order valence-electron chi connectivity index (χ1n) is 6.75. The van der Waals surface area contributed by atoms with Gasteiger partial charge in [0.15, 0.2) is 6.79 Å². The van der Waals surface area contributed by atoms with Crippen molar-refractivity contribution in [1.29, 1.82) is 0 Å². The molecule has 0 atom stereocenters. The maximum absolute atomic E-state index is 10.7. The van der Waals surface area contributed by atoms with Crippen LogP contribution in [-0.2, 0) is 11.2 Å². The monoisotopic (exact) mass is 280 g/mol. The number of hydrogen-bond donors (Lipinski definition) is 0. The number of carbonyl (C=O) groups excluding carboxylic acids is 1. The molecule has 1 rings (SSSR count). The minimum absolute atomic E-state index is 0.276. The maximum atomic E-state index is 10.7. The Morgan fingerprint density at radius 2 is 2.00 bits per heavy atom. The van der Waals surface area contributed by atoms with E-state index in [-0.39, 0.29) is 6.79 Å². The SMILES string of the molecule is CCc1cc(C=O)ccc1OCOCC[Si](C)(C)C. The van der Waals surface area contributed by atoms with Crippen LogP contribution in [0.3, 0.4) is 0 Å². The number of rotatable bonds is 8. The highest BCUT2D eigenvalue weighted by molar-refractivity contribution is 6.76. The van der Waals surface area contributed by atoms with Gasteiger partial charge >= 0.3 is 0 Å². The minimum Gasteiger partial charge on any atom is -0.467 e. The van der Waals surface area contributed by atoms with Crippen LogP contribution in [0.2, 0.25) is 25.7 Å². The van der Waals surface area contributed by atoms with Gasteiger partial charge in [-0.2, -0.15) is 0 Å². The maximum Gasteiger partial charge on any atom is 0.189 e. The molecule has 0 radical (unpaired) electrons. The molecule has 0 fully saturated rings. The van der Waals surface area contributed by atoms with E-state index in [2.05, 4.69) is 19.6 Å². The Morgan fingerprint density at radius 1 is 1.26 bits per heavy atom. The number of benzene rings is 1. The first kappa shape index (κ1) is 15.9. The molecule has 0 aliphatic heterocycles. The second-order valence-corrected chi connectivity index (χ2v) is 11.4. The highest BCUT2D eigenvalue weighted by atomic mass is 28.3. The Hall–Kier alpha value is -1.13. The van der Waals surface area contributed by atoms with Gasteiger partial charge in [-0.1, -0.05) is 26.6 Å². The number of carbonyl (C=O) groups is 1. The van der Waals surface area contributed by atoms with Crippen molar-refractivity contribution in [2.75, 3.05) is 13.4 Å². The third-order valence-corrected chi connectivity index (χ3v) is 4.60. The zero-order valence-corrected chi connectivity index (χ0v) is 13.4. The molecule has 106 valence electrons. The quantitative estimate of drug-likeness (QED) is 0.315. The molecule has 0 aromatic heterocycles. The molecule has 0 bridgehead atoms. The van der Waals surface area contributed by atoms with Crippen molar-refractivity contribution in [2.24, 2.45) is 0 Å². The van der Waals surface area contributed by atoms with Gasteiger partial charge in [-0.3, -0.25) is 4.79 Å².